The monoisotopic (exact) mass is 490 g/mol. The number of amides is 1. The van der Waals surface area contributed by atoms with Crippen LogP contribution in [0.4, 0.5) is 0 Å². The average molecular weight is 491 g/mol. The van der Waals surface area contributed by atoms with Gasteiger partial charge in [-0.3, -0.25) is 4.79 Å². The first kappa shape index (κ1) is 24.3. The molecule has 1 fully saturated rings. The number of aliphatic hydroxyl groups is 3. The number of rotatable bonds is 6. The molecule has 0 spiro atoms. The van der Waals surface area contributed by atoms with Gasteiger partial charge in [0.1, 0.15) is 11.3 Å². The van der Waals surface area contributed by atoms with Crippen LogP contribution in [0, 0.1) is 0 Å². The van der Waals surface area contributed by atoms with E-state index in [1.807, 2.05) is 28.8 Å². The predicted octanol–water partition coefficient (Wildman–Crippen LogP) is 2.80. The highest BCUT2D eigenvalue weighted by atomic mass is 16.6. The molecule has 4 atom stereocenters. The van der Waals surface area contributed by atoms with Crippen molar-refractivity contribution in [1.82, 2.24) is 9.88 Å². The Kier molecular flexibility index (Phi) is 6.44. The molecule has 4 aromatic rings. The lowest BCUT2D eigenvalue weighted by Gasteiger charge is -2.45. The van der Waals surface area contributed by atoms with Crippen molar-refractivity contribution in [2.45, 2.75) is 43.9 Å². The fourth-order valence-corrected chi connectivity index (χ4v) is 4.86. The third-order valence-electron chi connectivity index (χ3n) is 7.10. The van der Waals surface area contributed by atoms with Crippen molar-refractivity contribution in [3.63, 3.8) is 0 Å². The Morgan fingerprint density at radius 2 is 1.92 bits per heavy atom. The van der Waals surface area contributed by atoms with E-state index in [2.05, 4.69) is 35.6 Å². The highest BCUT2D eigenvalue weighted by Crippen LogP contribution is 2.31. The lowest BCUT2D eigenvalue weighted by Crippen LogP contribution is -2.66. The quantitative estimate of drug-likeness (QED) is 0.331. The summed E-state index contributed by atoms with van der Waals surface area (Å²) in [5.41, 5.74) is 0.855. The number of benzene rings is 3. The lowest BCUT2D eigenvalue weighted by molar-refractivity contribution is -0.241. The van der Waals surface area contributed by atoms with Crippen molar-refractivity contribution in [3.8, 4) is 5.75 Å². The average Bonchev–Trinajstić information content (AvgIpc) is 3.24. The van der Waals surface area contributed by atoms with Crippen LogP contribution in [0.25, 0.3) is 21.7 Å². The molecular formula is C28H30N2O6. The maximum atomic E-state index is 13.5. The highest BCUT2D eigenvalue weighted by Gasteiger charge is 2.48. The molecule has 188 valence electrons. The van der Waals surface area contributed by atoms with E-state index in [0.717, 1.165) is 21.9 Å². The van der Waals surface area contributed by atoms with E-state index in [1.54, 1.807) is 19.4 Å². The normalized spacial score (nSPS) is 24.2. The Morgan fingerprint density at radius 3 is 2.64 bits per heavy atom. The number of ether oxygens (including phenoxy) is 2. The molecule has 5 rings (SSSR count). The van der Waals surface area contributed by atoms with Crippen molar-refractivity contribution >= 4 is 27.6 Å². The van der Waals surface area contributed by atoms with E-state index < -0.39 is 29.9 Å². The number of nitrogens with zero attached hydrogens (tertiary/aromatic N) is 1. The summed E-state index contributed by atoms with van der Waals surface area (Å²) in [5, 5.41) is 36.4. The van der Waals surface area contributed by atoms with E-state index >= 15 is 0 Å². The first-order valence-corrected chi connectivity index (χ1v) is 11.9. The number of aromatic nitrogens is 1. The third kappa shape index (κ3) is 4.33. The zero-order chi connectivity index (χ0) is 25.4. The van der Waals surface area contributed by atoms with Crippen LogP contribution < -0.4 is 10.1 Å². The first-order chi connectivity index (χ1) is 17.3. The summed E-state index contributed by atoms with van der Waals surface area (Å²) in [7, 11) is 1.59. The van der Waals surface area contributed by atoms with E-state index in [1.165, 1.54) is 6.92 Å². The van der Waals surface area contributed by atoms with E-state index in [4.69, 9.17) is 9.47 Å². The largest absolute Gasteiger partial charge is 0.497 e. The Bertz CT molecular complexity index is 1400. The summed E-state index contributed by atoms with van der Waals surface area (Å²) < 4.78 is 12.8. The fourth-order valence-electron chi connectivity index (χ4n) is 4.86. The first-order valence-electron chi connectivity index (χ1n) is 11.9. The van der Waals surface area contributed by atoms with E-state index in [0.29, 0.717) is 23.2 Å². The summed E-state index contributed by atoms with van der Waals surface area (Å²) in [4.78, 5) is 13.5. The molecule has 0 aliphatic carbocycles. The Hall–Kier alpha value is -3.43. The molecule has 0 saturated carbocycles. The van der Waals surface area contributed by atoms with Gasteiger partial charge in [-0.2, -0.15) is 0 Å². The second-order valence-corrected chi connectivity index (χ2v) is 9.52. The molecule has 0 radical (unpaired) electrons. The van der Waals surface area contributed by atoms with Crippen LogP contribution in [-0.4, -0.2) is 63.5 Å². The third-order valence-corrected chi connectivity index (χ3v) is 7.10. The van der Waals surface area contributed by atoms with Crippen LogP contribution in [0.2, 0.25) is 0 Å². The van der Waals surface area contributed by atoms with Gasteiger partial charge in [0.05, 0.1) is 37.0 Å². The summed E-state index contributed by atoms with van der Waals surface area (Å²) in [6.45, 7) is 1.74. The van der Waals surface area contributed by atoms with Crippen LogP contribution in [0.5, 0.6) is 5.75 Å². The molecule has 4 unspecified atom stereocenters. The van der Waals surface area contributed by atoms with Gasteiger partial charge in [-0.25, -0.2) is 0 Å². The van der Waals surface area contributed by atoms with Gasteiger partial charge in [-0.15, -0.1) is 0 Å². The Labute approximate surface area is 208 Å². The molecule has 1 aliphatic heterocycles. The van der Waals surface area contributed by atoms with Crippen molar-refractivity contribution in [2.24, 2.45) is 0 Å². The minimum absolute atomic E-state index is 0.0886. The van der Waals surface area contributed by atoms with Crippen LogP contribution in [0.3, 0.4) is 0 Å². The van der Waals surface area contributed by atoms with Gasteiger partial charge in [-0.1, -0.05) is 36.4 Å². The summed E-state index contributed by atoms with van der Waals surface area (Å²) in [6, 6.07) is 19.9. The predicted molar refractivity (Wildman–Crippen MR) is 136 cm³/mol. The molecule has 1 saturated heterocycles. The molecule has 36 heavy (non-hydrogen) atoms. The van der Waals surface area contributed by atoms with Crippen LogP contribution in [-0.2, 0) is 11.3 Å². The minimum atomic E-state index is -1.48. The SMILES string of the molecule is COc1ccc2c(C(=O)NC3(C)C(O)CC(CO)OC3O)cn(Cc3ccc4ccccc4c3)c2c1. The number of fused-ring (bicyclic) bond motifs is 2. The van der Waals surface area contributed by atoms with Crippen molar-refractivity contribution in [3.05, 3.63) is 78.0 Å². The zero-order valence-electron chi connectivity index (χ0n) is 20.2. The van der Waals surface area contributed by atoms with Gasteiger partial charge < -0.3 is 34.7 Å². The molecule has 1 aromatic heterocycles. The van der Waals surface area contributed by atoms with Crippen molar-refractivity contribution in [2.75, 3.05) is 13.7 Å². The molecule has 8 nitrogen and oxygen atoms in total. The maximum Gasteiger partial charge on any atom is 0.254 e. The van der Waals surface area contributed by atoms with E-state index in [-0.39, 0.29) is 13.0 Å². The number of aliphatic hydroxyl groups excluding tert-OH is 3. The number of carbonyl (C=O) groups excluding carboxylic acids is 1. The Morgan fingerprint density at radius 1 is 1.14 bits per heavy atom. The highest BCUT2D eigenvalue weighted by molar-refractivity contribution is 6.07. The van der Waals surface area contributed by atoms with Gasteiger partial charge in [0.15, 0.2) is 6.29 Å². The van der Waals surface area contributed by atoms with Gasteiger partial charge in [0.25, 0.3) is 5.91 Å². The van der Waals surface area contributed by atoms with Crippen molar-refractivity contribution in [1.29, 1.82) is 0 Å². The van der Waals surface area contributed by atoms with Gasteiger partial charge in [-0.05, 0) is 41.5 Å². The van der Waals surface area contributed by atoms with Crippen LogP contribution in [0.15, 0.2) is 66.9 Å². The number of hydrogen-bond donors (Lipinski definition) is 4. The van der Waals surface area contributed by atoms with Gasteiger partial charge in [0.2, 0.25) is 0 Å². The molecule has 2 heterocycles. The minimum Gasteiger partial charge on any atom is -0.497 e. The molecule has 3 aromatic carbocycles. The Balaban J connectivity index is 1.50. The van der Waals surface area contributed by atoms with Crippen LogP contribution in [0.1, 0.15) is 29.3 Å². The molecule has 0 bridgehead atoms. The molecule has 8 heteroatoms. The summed E-state index contributed by atoms with van der Waals surface area (Å²) >= 11 is 0. The van der Waals surface area contributed by atoms with Gasteiger partial charge in [0, 0.05) is 30.6 Å². The summed E-state index contributed by atoms with van der Waals surface area (Å²) in [5.74, 6) is 0.218. The topological polar surface area (TPSA) is 113 Å². The zero-order valence-corrected chi connectivity index (χ0v) is 20.2. The molecule has 1 aliphatic rings. The maximum absolute atomic E-state index is 13.5. The smallest absolute Gasteiger partial charge is 0.254 e. The summed E-state index contributed by atoms with van der Waals surface area (Å²) in [6.07, 6.45) is -1.42. The lowest BCUT2D eigenvalue weighted by atomic mass is 9.86. The second kappa shape index (κ2) is 9.55. The molecular weight excluding hydrogens is 460 g/mol. The number of methoxy groups -OCH3 is 1. The van der Waals surface area contributed by atoms with Crippen molar-refractivity contribution < 1.29 is 29.6 Å². The fraction of sp³-hybridized carbons (Fsp3) is 0.321. The van der Waals surface area contributed by atoms with Crippen LogP contribution >= 0.6 is 0 Å². The number of carbonyl (C=O) groups is 1. The number of nitrogens with one attached hydrogen (secondary N) is 1. The second-order valence-electron chi connectivity index (χ2n) is 9.52. The standard InChI is InChI=1S/C28H30N2O6/c1-28(25(32)13-21(16-31)36-27(28)34)29-26(33)23-15-30(24-12-20(35-2)9-10-22(23)24)14-17-7-8-18-5-3-4-6-19(18)11-17/h3-12,15,21,25,27,31-32,34H,13-14,16H2,1-2H3,(H,29,33). The molecule has 4 N–H and O–H groups in total. The van der Waals surface area contributed by atoms with Gasteiger partial charge >= 0.3 is 0 Å². The van der Waals surface area contributed by atoms with E-state index in [9.17, 15) is 20.1 Å². The molecule has 1 amide bonds. The number of hydrogen-bond acceptors (Lipinski definition) is 6.